The molecule has 134 valence electrons. The van der Waals surface area contributed by atoms with Gasteiger partial charge in [-0.1, -0.05) is 24.3 Å². The summed E-state index contributed by atoms with van der Waals surface area (Å²) in [6.07, 6.45) is 2.47. The van der Waals surface area contributed by atoms with Gasteiger partial charge in [-0.15, -0.1) is 0 Å². The fourth-order valence-corrected chi connectivity index (χ4v) is 3.35. The maximum absolute atomic E-state index is 12.6. The minimum absolute atomic E-state index is 0.0467. The van der Waals surface area contributed by atoms with Crippen LogP contribution in [0.4, 0.5) is 4.79 Å². The third-order valence-electron chi connectivity index (χ3n) is 4.44. The van der Waals surface area contributed by atoms with E-state index in [0.717, 1.165) is 11.1 Å². The van der Waals surface area contributed by atoms with E-state index in [-0.39, 0.29) is 24.0 Å². The summed E-state index contributed by atoms with van der Waals surface area (Å²) < 4.78 is 11.2. The number of rotatable bonds is 2. The molecule has 0 radical (unpaired) electrons. The Morgan fingerprint density at radius 3 is 2.64 bits per heavy atom. The van der Waals surface area contributed by atoms with Crippen LogP contribution in [0.3, 0.4) is 0 Å². The van der Waals surface area contributed by atoms with Crippen molar-refractivity contribution in [3.05, 3.63) is 41.5 Å². The number of morpholine rings is 1. The number of ether oxygens (including phenoxy) is 2. The molecular weight excluding hydrogens is 318 g/mol. The van der Waals surface area contributed by atoms with Gasteiger partial charge in [-0.2, -0.15) is 0 Å². The highest BCUT2D eigenvalue weighted by Gasteiger charge is 2.40. The first-order chi connectivity index (χ1) is 11.7. The van der Waals surface area contributed by atoms with E-state index in [1.165, 1.54) is 0 Å². The maximum atomic E-state index is 12.6. The summed E-state index contributed by atoms with van der Waals surface area (Å²) in [6.45, 7) is 8.15. The van der Waals surface area contributed by atoms with Gasteiger partial charge in [-0.3, -0.25) is 9.69 Å². The second-order valence-electron chi connectivity index (χ2n) is 7.68. The molecule has 1 saturated heterocycles. The number of ketones is 1. The lowest BCUT2D eigenvalue weighted by atomic mass is 9.89. The van der Waals surface area contributed by atoms with Crippen molar-refractivity contribution in [2.24, 2.45) is 0 Å². The van der Waals surface area contributed by atoms with Crippen molar-refractivity contribution in [1.82, 2.24) is 4.90 Å². The Kier molecular flexibility index (Phi) is 4.69. The van der Waals surface area contributed by atoms with E-state index in [4.69, 9.17) is 9.47 Å². The molecule has 0 spiro atoms. The summed E-state index contributed by atoms with van der Waals surface area (Å²) in [5.74, 6) is 0.0529. The summed E-state index contributed by atoms with van der Waals surface area (Å²) in [4.78, 5) is 26.0. The quantitative estimate of drug-likeness (QED) is 0.769. The highest BCUT2D eigenvalue weighted by molar-refractivity contribution is 5.95. The van der Waals surface area contributed by atoms with Crippen molar-refractivity contribution in [3.63, 3.8) is 0 Å². The highest BCUT2D eigenvalue weighted by atomic mass is 16.6. The molecule has 2 aliphatic rings. The standard InChI is InChI=1S/C20H25NO4/c1-13(22)14-6-5-7-15(8-14)16-9-17-11-24-12-18(10-16)21(17)19(23)25-20(2,3)4/h5-9,17-18H,10-12H2,1-4H3. The SMILES string of the molecule is CC(=O)c1cccc(C2=CC3COCC(C2)N3C(=O)OC(C)(C)C)c1. The zero-order chi connectivity index (χ0) is 18.2. The Bertz CT molecular complexity index is 717. The number of benzene rings is 1. The molecule has 2 bridgehead atoms. The van der Waals surface area contributed by atoms with Crippen molar-refractivity contribution in [2.75, 3.05) is 13.2 Å². The summed E-state index contributed by atoms with van der Waals surface area (Å²) in [5, 5.41) is 0. The first-order valence-corrected chi connectivity index (χ1v) is 8.66. The first kappa shape index (κ1) is 17.7. The molecule has 5 heteroatoms. The van der Waals surface area contributed by atoms with Gasteiger partial charge >= 0.3 is 6.09 Å². The Morgan fingerprint density at radius 1 is 1.24 bits per heavy atom. The predicted octanol–water partition coefficient (Wildman–Crippen LogP) is 3.68. The van der Waals surface area contributed by atoms with Crippen molar-refractivity contribution in [3.8, 4) is 0 Å². The normalized spacial score (nSPS) is 23.0. The minimum atomic E-state index is -0.522. The van der Waals surface area contributed by atoms with Crippen LogP contribution >= 0.6 is 0 Å². The van der Waals surface area contributed by atoms with Crippen molar-refractivity contribution < 1.29 is 19.1 Å². The lowest BCUT2D eigenvalue weighted by Gasteiger charge is -2.44. The van der Waals surface area contributed by atoms with E-state index in [0.29, 0.717) is 25.2 Å². The number of Topliss-reactive ketones (excluding diaryl/α,β-unsaturated/α-hetero) is 1. The lowest BCUT2D eigenvalue weighted by molar-refractivity contribution is -0.0510. The molecule has 0 aromatic heterocycles. The second-order valence-corrected chi connectivity index (χ2v) is 7.68. The van der Waals surface area contributed by atoms with Crippen LogP contribution in [0.1, 0.15) is 50.0 Å². The summed E-state index contributed by atoms with van der Waals surface area (Å²) in [5.41, 5.74) is 2.37. The monoisotopic (exact) mass is 343 g/mol. The van der Waals surface area contributed by atoms with Crippen LogP contribution < -0.4 is 0 Å². The van der Waals surface area contributed by atoms with Gasteiger partial charge in [-0.05, 0) is 51.3 Å². The van der Waals surface area contributed by atoms with Gasteiger partial charge in [0.15, 0.2) is 5.78 Å². The van der Waals surface area contributed by atoms with Gasteiger partial charge in [0, 0.05) is 5.56 Å². The van der Waals surface area contributed by atoms with Crippen LogP contribution in [0.15, 0.2) is 30.3 Å². The minimum Gasteiger partial charge on any atom is -0.444 e. The molecule has 1 aromatic carbocycles. The second kappa shape index (κ2) is 6.64. The fourth-order valence-electron chi connectivity index (χ4n) is 3.35. The molecule has 2 atom stereocenters. The number of carbonyl (C=O) groups is 2. The average Bonchev–Trinajstić information content (AvgIpc) is 2.52. The predicted molar refractivity (Wildman–Crippen MR) is 95.5 cm³/mol. The summed E-state index contributed by atoms with van der Waals surface area (Å²) >= 11 is 0. The zero-order valence-electron chi connectivity index (χ0n) is 15.2. The van der Waals surface area contributed by atoms with E-state index >= 15 is 0 Å². The van der Waals surface area contributed by atoms with Gasteiger partial charge in [0.25, 0.3) is 0 Å². The number of hydrogen-bond donors (Lipinski definition) is 0. The Hall–Kier alpha value is -2.14. The molecule has 2 heterocycles. The largest absolute Gasteiger partial charge is 0.444 e. The Labute approximate surface area is 148 Å². The number of carbonyl (C=O) groups excluding carboxylic acids is 2. The lowest BCUT2D eigenvalue weighted by Crippen LogP contribution is -2.57. The number of fused-ring (bicyclic) bond motifs is 2. The number of nitrogens with zero attached hydrogens (tertiary/aromatic N) is 1. The first-order valence-electron chi connectivity index (χ1n) is 8.66. The molecule has 2 unspecified atom stereocenters. The summed E-state index contributed by atoms with van der Waals surface area (Å²) in [7, 11) is 0. The number of hydrogen-bond acceptors (Lipinski definition) is 4. The summed E-state index contributed by atoms with van der Waals surface area (Å²) in [6, 6.07) is 7.48. The molecule has 2 aliphatic heterocycles. The van der Waals surface area contributed by atoms with Gasteiger partial charge in [0.1, 0.15) is 5.60 Å². The average molecular weight is 343 g/mol. The Morgan fingerprint density at radius 2 is 2.00 bits per heavy atom. The molecule has 0 N–H and O–H groups in total. The van der Waals surface area contributed by atoms with Crippen LogP contribution in [-0.2, 0) is 9.47 Å². The van der Waals surface area contributed by atoms with Gasteiger partial charge in [0.2, 0.25) is 0 Å². The van der Waals surface area contributed by atoms with Gasteiger partial charge in [-0.25, -0.2) is 4.79 Å². The van der Waals surface area contributed by atoms with Crippen LogP contribution in [0, 0.1) is 0 Å². The molecular formula is C20H25NO4. The molecule has 25 heavy (non-hydrogen) atoms. The maximum Gasteiger partial charge on any atom is 0.411 e. The topological polar surface area (TPSA) is 55.8 Å². The van der Waals surface area contributed by atoms with Gasteiger partial charge in [0.05, 0.1) is 25.3 Å². The van der Waals surface area contributed by atoms with E-state index in [1.54, 1.807) is 11.8 Å². The molecule has 1 fully saturated rings. The Balaban J connectivity index is 1.87. The molecule has 0 aliphatic carbocycles. The molecule has 1 aromatic rings. The smallest absolute Gasteiger partial charge is 0.411 e. The van der Waals surface area contributed by atoms with E-state index < -0.39 is 5.60 Å². The van der Waals surface area contributed by atoms with E-state index in [9.17, 15) is 9.59 Å². The molecule has 0 saturated carbocycles. The highest BCUT2D eigenvalue weighted by Crippen LogP contribution is 2.33. The van der Waals surface area contributed by atoms with Crippen molar-refractivity contribution in [2.45, 2.75) is 51.8 Å². The molecule has 1 amide bonds. The van der Waals surface area contributed by atoms with Crippen LogP contribution in [0.5, 0.6) is 0 Å². The van der Waals surface area contributed by atoms with Crippen LogP contribution in [0.25, 0.3) is 5.57 Å². The number of amides is 1. The van der Waals surface area contributed by atoms with Crippen molar-refractivity contribution >= 4 is 17.4 Å². The third-order valence-corrected chi connectivity index (χ3v) is 4.44. The van der Waals surface area contributed by atoms with Gasteiger partial charge < -0.3 is 9.47 Å². The fraction of sp³-hybridized carbons (Fsp3) is 0.500. The van der Waals surface area contributed by atoms with E-state index in [1.807, 2.05) is 45.0 Å². The molecule has 3 rings (SSSR count). The van der Waals surface area contributed by atoms with Crippen molar-refractivity contribution in [1.29, 1.82) is 0 Å². The third kappa shape index (κ3) is 3.93. The zero-order valence-corrected chi connectivity index (χ0v) is 15.2. The van der Waals surface area contributed by atoms with Crippen LogP contribution in [0.2, 0.25) is 0 Å². The van der Waals surface area contributed by atoms with E-state index in [2.05, 4.69) is 6.08 Å². The van der Waals surface area contributed by atoms with Crippen LogP contribution in [-0.4, -0.2) is 47.7 Å². The molecule has 5 nitrogen and oxygen atoms in total.